The summed E-state index contributed by atoms with van der Waals surface area (Å²) in [6.45, 7) is 1.81. The van der Waals surface area contributed by atoms with Crippen molar-refractivity contribution in [3.8, 4) is 5.75 Å². The second kappa shape index (κ2) is 8.35. The van der Waals surface area contributed by atoms with Gasteiger partial charge >= 0.3 is 6.03 Å². The minimum Gasteiger partial charge on any atom is -0.497 e. The number of aliphatic hydroxyl groups excluding tert-OH is 1. The standard InChI is InChI=1S/C17H24N4O3/c1-4-13(11-22)19-17(23)20-15(16-18-9-10-21(16)2)12-5-7-14(24-3)8-6-12/h5-10,13,15,22H,4,11H2,1-3H3,(H2,19,20,23). The highest BCUT2D eigenvalue weighted by molar-refractivity contribution is 5.75. The van der Waals surface area contributed by atoms with Crippen molar-refractivity contribution in [1.29, 1.82) is 0 Å². The fourth-order valence-electron chi connectivity index (χ4n) is 2.38. The van der Waals surface area contributed by atoms with Crippen molar-refractivity contribution in [3.05, 3.63) is 48.0 Å². The van der Waals surface area contributed by atoms with Gasteiger partial charge in [-0.2, -0.15) is 0 Å². The fourth-order valence-corrected chi connectivity index (χ4v) is 2.38. The molecule has 3 N–H and O–H groups in total. The zero-order valence-corrected chi connectivity index (χ0v) is 14.2. The number of aromatic nitrogens is 2. The summed E-state index contributed by atoms with van der Waals surface area (Å²) >= 11 is 0. The molecule has 1 aromatic carbocycles. The van der Waals surface area contributed by atoms with E-state index in [-0.39, 0.29) is 18.7 Å². The maximum atomic E-state index is 12.3. The quantitative estimate of drug-likeness (QED) is 0.718. The molecule has 0 aliphatic carbocycles. The van der Waals surface area contributed by atoms with Gasteiger partial charge in [0.2, 0.25) is 0 Å². The number of benzene rings is 1. The fraction of sp³-hybridized carbons (Fsp3) is 0.412. The van der Waals surface area contributed by atoms with E-state index in [1.54, 1.807) is 13.3 Å². The van der Waals surface area contributed by atoms with E-state index in [1.165, 1.54) is 0 Å². The highest BCUT2D eigenvalue weighted by atomic mass is 16.5. The van der Waals surface area contributed by atoms with Crippen LogP contribution in [0.1, 0.15) is 30.8 Å². The molecule has 1 aromatic heterocycles. The molecule has 0 aliphatic rings. The Labute approximate surface area is 141 Å². The number of hydrogen-bond donors (Lipinski definition) is 3. The van der Waals surface area contributed by atoms with Crippen molar-refractivity contribution < 1.29 is 14.6 Å². The van der Waals surface area contributed by atoms with E-state index >= 15 is 0 Å². The Bertz CT molecular complexity index is 650. The van der Waals surface area contributed by atoms with Crippen LogP contribution in [0.5, 0.6) is 5.75 Å². The van der Waals surface area contributed by atoms with E-state index in [2.05, 4.69) is 15.6 Å². The van der Waals surface area contributed by atoms with E-state index in [4.69, 9.17) is 4.74 Å². The Morgan fingerprint density at radius 1 is 1.33 bits per heavy atom. The smallest absolute Gasteiger partial charge is 0.315 e. The normalized spacial score (nSPS) is 13.2. The van der Waals surface area contributed by atoms with Gasteiger partial charge in [-0.3, -0.25) is 0 Å². The summed E-state index contributed by atoms with van der Waals surface area (Å²) in [7, 11) is 3.48. The number of carbonyl (C=O) groups is 1. The lowest BCUT2D eigenvalue weighted by Crippen LogP contribution is -2.45. The molecule has 0 aliphatic heterocycles. The third kappa shape index (κ3) is 4.26. The van der Waals surface area contributed by atoms with Gasteiger partial charge in [-0.25, -0.2) is 9.78 Å². The Morgan fingerprint density at radius 3 is 2.54 bits per heavy atom. The number of ether oxygens (including phenoxy) is 1. The molecule has 2 aromatic rings. The van der Waals surface area contributed by atoms with Crippen molar-refractivity contribution in [2.24, 2.45) is 7.05 Å². The number of urea groups is 1. The van der Waals surface area contributed by atoms with Gasteiger partial charge in [0.1, 0.15) is 17.6 Å². The average molecular weight is 332 g/mol. The van der Waals surface area contributed by atoms with Crippen LogP contribution >= 0.6 is 0 Å². The van der Waals surface area contributed by atoms with Crippen LogP contribution in [-0.2, 0) is 7.05 Å². The predicted octanol–water partition coefficient (Wildman–Crippen LogP) is 1.59. The van der Waals surface area contributed by atoms with Crippen LogP contribution in [0.3, 0.4) is 0 Å². The highest BCUT2D eigenvalue weighted by Gasteiger charge is 2.21. The Morgan fingerprint density at radius 2 is 2.04 bits per heavy atom. The number of amides is 2. The number of imidazole rings is 1. The topological polar surface area (TPSA) is 88.4 Å². The molecule has 24 heavy (non-hydrogen) atoms. The van der Waals surface area contributed by atoms with Crippen LogP contribution in [0.25, 0.3) is 0 Å². The molecule has 0 saturated carbocycles. The summed E-state index contributed by atoms with van der Waals surface area (Å²) in [6.07, 6.45) is 4.17. The molecular weight excluding hydrogens is 308 g/mol. The monoisotopic (exact) mass is 332 g/mol. The van der Waals surface area contributed by atoms with Gasteiger partial charge in [0, 0.05) is 19.4 Å². The summed E-state index contributed by atoms with van der Waals surface area (Å²) in [5.41, 5.74) is 0.886. The van der Waals surface area contributed by atoms with Gasteiger partial charge in [0.05, 0.1) is 19.8 Å². The van der Waals surface area contributed by atoms with Gasteiger partial charge in [-0.15, -0.1) is 0 Å². The van der Waals surface area contributed by atoms with E-state index in [9.17, 15) is 9.90 Å². The number of carbonyl (C=O) groups excluding carboxylic acids is 1. The summed E-state index contributed by atoms with van der Waals surface area (Å²) in [4.78, 5) is 16.6. The number of aliphatic hydroxyl groups is 1. The van der Waals surface area contributed by atoms with Gasteiger partial charge in [0.15, 0.2) is 0 Å². The first kappa shape index (κ1) is 17.8. The number of nitrogens with zero attached hydrogens (tertiary/aromatic N) is 2. The van der Waals surface area contributed by atoms with Crippen LogP contribution < -0.4 is 15.4 Å². The molecule has 2 unspecified atom stereocenters. The molecule has 2 amide bonds. The number of rotatable bonds is 7. The lowest BCUT2D eigenvalue weighted by atomic mass is 10.1. The molecule has 0 bridgehead atoms. The summed E-state index contributed by atoms with van der Waals surface area (Å²) in [6, 6.07) is 6.43. The average Bonchev–Trinajstić information content (AvgIpc) is 3.03. The zero-order valence-electron chi connectivity index (χ0n) is 14.2. The number of nitrogens with one attached hydrogen (secondary N) is 2. The van der Waals surface area contributed by atoms with Gasteiger partial charge in [-0.1, -0.05) is 19.1 Å². The first-order valence-corrected chi connectivity index (χ1v) is 7.88. The maximum Gasteiger partial charge on any atom is 0.315 e. The van der Waals surface area contributed by atoms with Crippen LogP contribution in [0.2, 0.25) is 0 Å². The van der Waals surface area contributed by atoms with E-state index in [0.29, 0.717) is 12.2 Å². The van der Waals surface area contributed by atoms with Crippen LogP contribution in [-0.4, -0.2) is 40.4 Å². The number of methoxy groups -OCH3 is 1. The molecule has 130 valence electrons. The van der Waals surface area contributed by atoms with Crippen molar-refractivity contribution in [3.63, 3.8) is 0 Å². The van der Waals surface area contributed by atoms with E-state index in [1.807, 2.05) is 49.0 Å². The Hall–Kier alpha value is -2.54. The lowest BCUT2D eigenvalue weighted by Gasteiger charge is -2.22. The second-order valence-corrected chi connectivity index (χ2v) is 5.51. The Balaban J connectivity index is 2.23. The van der Waals surface area contributed by atoms with Crippen LogP contribution in [0, 0.1) is 0 Å². The minimum atomic E-state index is -0.410. The zero-order chi connectivity index (χ0) is 17.5. The third-order valence-corrected chi connectivity index (χ3v) is 3.89. The van der Waals surface area contributed by atoms with Gasteiger partial charge < -0.3 is 25.0 Å². The molecule has 0 fully saturated rings. The SMILES string of the molecule is CCC(CO)NC(=O)NC(c1ccc(OC)cc1)c1nccn1C. The summed E-state index contributed by atoms with van der Waals surface area (Å²) < 4.78 is 7.04. The molecule has 0 saturated heterocycles. The first-order chi connectivity index (χ1) is 11.6. The van der Waals surface area contributed by atoms with E-state index in [0.717, 1.165) is 11.3 Å². The van der Waals surface area contributed by atoms with Crippen molar-refractivity contribution >= 4 is 6.03 Å². The molecule has 2 atom stereocenters. The summed E-state index contributed by atoms with van der Waals surface area (Å²) in [5, 5.41) is 14.9. The largest absolute Gasteiger partial charge is 0.497 e. The van der Waals surface area contributed by atoms with Crippen molar-refractivity contribution in [2.75, 3.05) is 13.7 Å². The molecule has 7 heteroatoms. The highest BCUT2D eigenvalue weighted by Crippen LogP contribution is 2.22. The van der Waals surface area contributed by atoms with Crippen LogP contribution in [0.4, 0.5) is 4.79 Å². The molecule has 7 nitrogen and oxygen atoms in total. The Kier molecular flexibility index (Phi) is 6.20. The summed E-state index contributed by atoms with van der Waals surface area (Å²) in [5.74, 6) is 1.46. The number of aryl methyl sites for hydroxylation is 1. The molecule has 1 heterocycles. The van der Waals surface area contributed by atoms with Gasteiger partial charge in [-0.05, 0) is 24.1 Å². The van der Waals surface area contributed by atoms with Gasteiger partial charge in [0.25, 0.3) is 0 Å². The van der Waals surface area contributed by atoms with Crippen LogP contribution in [0.15, 0.2) is 36.7 Å². The molecule has 0 radical (unpaired) electrons. The molecule has 2 rings (SSSR count). The lowest BCUT2D eigenvalue weighted by molar-refractivity contribution is 0.212. The predicted molar refractivity (Wildman–Crippen MR) is 90.9 cm³/mol. The van der Waals surface area contributed by atoms with Crippen molar-refractivity contribution in [2.45, 2.75) is 25.4 Å². The third-order valence-electron chi connectivity index (χ3n) is 3.89. The minimum absolute atomic E-state index is 0.0977. The first-order valence-electron chi connectivity index (χ1n) is 7.88. The maximum absolute atomic E-state index is 12.3. The van der Waals surface area contributed by atoms with E-state index < -0.39 is 6.04 Å². The molecule has 0 spiro atoms. The number of hydrogen-bond acceptors (Lipinski definition) is 4. The molecular formula is C17H24N4O3. The van der Waals surface area contributed by atoms with Crippen molar-refractivity contribution in [1.82, 2.24) is 20.2 Å². The second-order valence-electron chi connectivity index (χ2n) is 5.51.